The second-order valence-corrected chi connectivity index (χ2v) is 6.80. The fourth-order valence-corrected chi connectivity index (χ4v) is 3.10. The Morgan fingerprint density at radius 2 is 1.90 bits per heavy atom. The molecular formula is C17H15BrClNO. The molecule has 3 rings (SSSR count). The fourth-order valence-electron chi connectivity index (χ4n) is 2.52. The Labute approximate surface area is 137 Å². The Balaban J connectivity index is 1.68. The van der Waals surface area contributed by atoms with Crippen LogP contribution >= 0.6 is 27.5 Å². The molecule has 1 aliphatic rings. The van der Waals surface area contributed by atoms with E-state index in [0.29, 0.717) is 6.42 Å². The highest BCUT2D eigenvalue weighted by atomic mass is 79.9. The van der Waals surface area contributed by atoms with E-state index in [-0.39, 0.29) is 11.4 Å². The second kappa shape index (κ2) is 5.82. The summed E-state index contributed by atoms with van der Waals surface area (Å²) in [5.41, 5.74) is 1.96. The smallest absolute Gasteiger partial charge is 0.225 e. The van der Waals surface area contributed by atoms with Crippen LogP contribution in [0.1, 0.15) is 24.0 Å². The van der Waals surface area contributed by atoms with Gasteiger partial charge in [-0.25, -0.2) is 0 Å². The van der Waals surface area contributed by atoms with Crippen LogP contribution in [0.25, 0.3) is 0 Å². The molecule has 4 heteroatoms. The van der Waals surface area contributed by atoms with Crippen molar-refractivity contribution in [3.8, 4) is 0 Å². The lowest BCUT2D eigenvalue weighted by atomic mass is 10.0. The second-order valence-electron chi connectivity index (χ2n) is 5.44. The molecule has 2 nitrogen and oxygen atoms in total. The van der Waals surface area contributed by atoms with Crippen LogP contribution in [0.4, 0.5) is 0 Å². The molecule has 0 atom stereocenters. The van der Waals surface area contributed by atoms with Gasteiger partial charge in [0.1, 0.15) is 0 Å². The number of carbonyl (C=O) groups excluding carboxylic acids is 1. The average Bonchev–Trinajstić information content (AvgIpc) is 3.20. The first-order valence-corrected chi connectivity index (χ1v) is 8.06. The van der Waals surface area contributed by atoms with Crippen LogP contribution in [0.2, 0.25) is 5.02 Å². The molecule has 1 saturated carbocycles. The van der Waals surface area contributed by atoms with Crippen LogP contribution < -0.4 is 5.32 Å². The van der Waals surface area contributed by atoms with Crippen molar-refractivity contribution in [1.82, 2.24) is 5.32 Å². The number of rotatable bonds is 4. The standard InChI is InChI=1S/C17H15BrClNO/c18-14-3-1-2-12(10-14)11-16(21)20-17(8-9-17)13-4-6-15(19)7-5-13/h1-7,10H,8-9,11H2,(H,20,21). The Morgan fingerprint density at radius 1 is 1.19 bits per heavy atom. The summed E-state index contributed by atoms with van der Waals surface area (Å²) >= 11 is 9.34. The van der Waals surface area contributed by atoms with E-state index in [9.17, 15) is 4.79 Å². The normalized spacial score (nSPS) is 15.5. The van der Waals surface area contributed by atoms with Crippen molar-refractivity contribution in [2.45, 2.75) is 24.8 Å². The van der Waals surface area contributed by atoms with Gasteiger partial charge in [-0.05, 0) is 48.2 Å². The van der Waals surface area contributed by atoms with Gasteiger partial charge >= 0.3 is 0 Å². The van der Waals surface area contributed by atoms with E-state index in [2.05, 4.69) is 21.2 Å². The van der Waals surface area contributed by atoms with Crippen LogP contribution in [0, 0.1) is 0 Å². The monoisotopic (exact) mass is 363 g/mol. The van der Waals surface area contributed by atoms with Gasteiger partial charge in [-0.15, -0.1) is 0 Å². The number of nitrogens with one attached hydrogen (secondary N) is 1. The summed E-state index contributed by atoms with van der Waals surface area (Å²) in [6.07, 6.45) is 2.37. The Morgan fingerprint density at radius 3 is 2.52 bits per heavy atom. The number of carbonyl (C=O) groups is 1. The van der Waals surface area contributed by atoms with E-state index in [0.717, 1.165) is 33.5 Å². The van der Waals surface area contributed by atoms with Crippen molar-refractivity contribution in [2.75, 3.05) is 0 Å². The van der Waals surface area contributed by atoms with Gasteiger partial charge in [0.25, 0.3) is 0 Å². The molecule has 1 fully saturated rings. The van der Waals surface area contributed by atoms with Crippen molar-refractivity contribution >= 4 is 33.4 Å². The van der Waals surface area contributed by atoms with Crippen molar-refractivity contribution in [1.29, 1.82) is 0 Å². The van der Waals surface area contributed by atoms with Crippen molar-refractivity contribution in [3.63, 3.8) is 0 Å². The minimum absolute atomic E-state index is 0.0561. The summed E-state index contributed by atoms with van der Waals surface area (Å²) in [5, 5.41) is 3.89. The molecule has 0 heterocycles. The summed E-state index contributed by atoms with van der Waals surface area (Å²) < 4.78 is 0.992. The van der Waals surface area contributed by atoms with E-state index >= 15 is 0 Å². The molecule has 0 unspecified atom stereocenters. The lowest BCUT2D eigenvalue weighted by Gasteiger charge is -2.18. The third-order valence-electron chi connectivity index (χ3n) is 3.78. The maximum absolute atomic E-state index is 12.3. The average molecular weight is 365 g/mol. The Kier molecular flexibility index (Phi) is 4.05. The van der Waals surface area contributed by atoms with Gasteiger partial charge in [0.05, 0.1) is 12.0 Å². The minimum atomic E-state index is -0.187. The molecule has 0 spiro atoms. The highest BCUT2D eigenvalue weighted by molar-refractivity contribution is 9.10. The van der Waals surface area contributed by atoms with Crippen molar-refractivity contribution < 1.29 is 4.79 Å². The predicted octanol–water partition coefficient (Wildman–Crippen LogP) is 4.45. The predicted molar refractivity (Wildman–Crippen MR) is 88.4 cm³/mol. The Bertz CT molecular complexity index is 665. The zero-order valence-corrected chi connectivity index (χ0v) is 13.7. The summed E-state index contributed by atoms with van der Waals surface area (Å²) in [5.74, 6) is 0.0561. The third-order valence-corrected chi connectivity index (χ3v) is 4.52. The van der Waals surface area contributed by atoms with Crippen LogP contribution in [0.5, 0.6) is 0 Å². The van der Waals surface area contributed by atoms with E-state index in [1.165, 1.54) is 0 Å². The number of benzene rings is 2. The van der Waals surface area contributed by atoms with E-state index < -0.39 is 0 Å². The molecule has 1 aliphatic carbocycles. The number of hydrogen-bond acceptors (Lipinski definition) is 1. The molecule has 0 bridgehead atoms. The van der Waals surface area contributed by atoms with Gasteiger partial charge in [-0.2, -0.15) is 0 Å². The van der Waals surface area contributed by atoms with Gasteiger partial charge in [-0.1, -0.05) is 51.8 Å². The molecule has 0 aromatic heterocycles. The maximum atomic E-state index is 12.3. The van der Waals surface area contributed by atoms with Gasteiger partial charge < -0.3 is 5.32 Å². The molecule has 2 aromatic rings. The van der Waals surface area contributed by atoms with Gasteiger partial charge in [0.15, 0.2) is 0 Å². The van der Waals surface area contributed by atoms with Crippen LogP contribution in [-0.2, 0) is 16.8 Å². The minimum Gasteiger partial charge on any atom is -0.346 e. The van der Waals surface area contributed by atoms with Gasteiger partial charge in [0.2, 0.25) is 5.91 Å². The van der Waals surface area contributed by atoms with Crippen molar-refractivity contribution in [3.05, 3.63) is 69.2 Å². The first kappa shape index (κ1) is 14.6. The number of halogens is 2. The highest BCUT2D eigenvalue weighted by Gasteiger charge is 2.45. The summed E-state index contributed by atoms with van der Waals surface area (Å²) in [6, 6.07) is 15.6. The fraction of sp³-hybridized carbons (Fsp3) is 0.235. The van der Waals surface area contributed by atoms with Crippen LogP contribution in [0.15, 0.2) is 53.0 Å². The van der Waals surface area contributed by atoms with E-state index in [1.807, 2.05) is 48.5 Å². The molecule has 1 amide bonds. The lowest BCUT2D eigenvalue weighted by Crippen LogP contribution is -2.35. The highest BCUT2D eigenvalue weighted by Crippen LogP contribution is 2.45. The number of amides is 1. The van der Waals surface area contributed by atoms with Crippen LogP contribution in [-0.4, -0.2) is 5.91 Å². The molecule has 2 aromatic carbocycles. The van der Waals surface area contributed by atoms with Gasteiger partial charge in [-0.3, -0.25) is 4.79 Å². The lowest BCUT2D eigenvalue weighted by molar-refractivity contribution is -0.121. The molecular weight excluding hydrogens is 350 g/mol. The topological polar surface area (TPSA) is 29.1 Å². The summed E-state index contributed by atoms with van der Waals surface area (Å²) in [7, 11) is 0. The zero-order chi connectivity index (χ0) is 14.9. The molecule has 108 valence electrons. The molecule has 21 heavy (non-hydrogen) atoms. The summed E-state index contributed by atoms with van der Waals surface area (Å²) in [6.45, 7) is 0. The number of hydrogen-bond donors (Lipinski definition) is 1. The first-order chi connectivity index (χ1) is 10.1. The molecule has 0 aliphatic heterocycles. The van der Waals surface area contributed by atoms with Crippen LogP contribution in [0.3, 0.4) is 0 Å². The molecule has 0 radical (unpaired) electrons. The summed E-state index contributed by atoms with van der Waals surface area (Å²) in [4.78, 5) is 12.3. The maximum Gasteiger partial charge on any atom is 0.225 e. The largest absolute Gasteiger partial charge is 0.346 e. The van der Waals surface area contributed by atoms with Crippen molar-refractivity contribution in [2.24, 2.45) is 0 Å². The SMILES string of the molecule is O=C(Cc1cccc(Br)c1)NC1(c2ccc(Cl)cc2)CC1. The van der Waals surface area contributed by atoms with Gasteiger partial charge in [0, 0.05) is 9.50 Å². The zero-order valence-electron chi connectivity index (χ0n) is 11.4. The Hall–Kier alpha value is -1.32. The third kappa shape index (κ3) is 3.47. The quantitative estimate of drug-likeness (QED) is 0.853. The molecule has 1 N–H and O–H groups in total. The first-order valence-electron chi connectivity index (χ1n) is 6.89. The van der Waals surface area contributed by atoms with E-state index in [4.69, 9.17) is 11.6 Å². The van der Waals surface area contributed by atoms with E-state index in [1.54, 1.807) is 0 Å². The molecule has 0 saturated heterocycles.